The van der Waals surface area contributed by atoms with Crippen LogP contribution in [-0.4, -0.2) is 63.2 Å². The van der Waals surface area contributed by atoms with Crippen molar-refractivity contribution in [2.24, 2.45) is 5.92 Å². The molecule has 0 spiro atoms. The van der Waals surface area contributed by atoms with E-state index in [4.69, 9.17) is 4.89 Å². The highest BCUT2D eigenvalue weighted by molar-refractivity contribution is 7.44. The van der Waals surface area contributed by atoms with Gasteiger partial charge in [-0.15, -0.1) is 0 Å². The average molecular weight is 461 g/mol. The Bertz CT molecular complexity index is 745. The quantitative estimate of drug-likeness (QED) is 0.298. The zero-order valence-electron chi connectivity index (χ0n) is 19.2. The van der Waals surface area contributed by atoms with Crippen LogP contribution < -0.4 is 9.46 Å². The molecule has 1 saturated carbocycles. The predicted octanol–water partition coefficient (Wildman–Crippen LogP) is 1.06. The lowest BCUT2D eigenvalue weighted by Crippen LogP contribution is -2.45. The highest BCUT2D eigenvalue weighted by Gasteiger charge is 2.47. The molecule has 178 valence electrons. The number of phosphoric acid groups is 1. The predicted molar refractivity (Wildman–Crippen MR) is 114 cm³/mol. The molecule has 0 aliphatic heterocycles. The SMILES string of the molecule is CC(=O)c1ccc[n+]([C@@H]2C[C@H](COP(=O)([O-])O)[C@@H](O)[C@H]2O)c1.CCN(C(C)C)C(C)C. The van der Waals surface area contributed by atoms with Gasteiger partial charge in [0.05, 0.1) is 18.3 Å². The van der Waals surface area contributed by atoms with E-state index in [0.717, 1.165) is 6.54 Å². The second-order valence-corrected chi connectivity index (χ2v) is 9.62. The maximum atomic E-state index is 11.4. The van der Waals surface area contributed by atoms with Crippen molar-refractivity contribution in [2.75, 3.05) is 13.2 Å². The molecule has 0 aromatic carbocycles. The highest BCUT2D eigenvalue weighted by Crippen LogP contribution is 2.37. The summed E-state index contributed by atoms with van der Waals surface area (Å²) in [5, 5.41) is 20.1. The number of ketones is 1. The van der Waals surface area contributed by atoms with Crippen LogP contribution in [0.3, 0.4) is 0 Å². The molecule has 1 aliphatic carbocycles. The second kappa shape index (κ2) is 12.2. The summed E-state index contributed by atoms with van der Waals surface area (Å²) in [6.07, 6.45) is 1.14. The van der Waals surface area contributed by atoms with E-state index in [1.54, 1.807) is 29.1 Å². The summed E-state index contributed by atoms with van der Waals surface area (Å²) >= 11 is 0. The van der Waals surface area contributed by atoms with Gasteiger partial charge in [-0.2, -0.15) is 4.57 Å². The third kappa shape index (κ3) is 8.69. The van der Waals surface area contributed by atoms with Gasteiger partial charge in [-0.05, 0) is 47.2 Å². The Morgan fingerprint density at radius 1 is 1.29 bits per heavy atom. The van der Waals surface area contributed by atoms with Crippen LogP contribution in [0.4, 0.5) is 0 Å². The number of rotatable bonds is 8. The first-order valence-corrected chi connectivity index (χ1v) is 12.1. The maximum absolute atomic E-state index is 11.4. The smallest absolute Gasteiger partial charge is 0.265 e. The summed E-state index contributed by atoms with van der Waals surface area (Å²) in [5.41, 5.74) is 0.461. The van der Waals surface area contributed by atoms with Crippen molar-refractivity contribution >= 4 is 13.6 Å². The van der Waals surface area contributed by atoms with Crippen LogP contribution in [0.2, 0.25) is 0 Å². The molecule has 1 aliphatic rings. The van der Waals surface area contributed by atoms with E-state index in [1.807, 2.05) is 0 Å². The molecule has 9 nitrogen and oxygen atoms in total. The molecule has 0 radical (unpaired) electrons. The van der Waals surface area contributed by atoms with E-state index in [0.29, 0.717) is 17.6 Å². The number of carbonyl (C=O) groups excluding carboxylic acids is 1. The molecule has 1 aromatic rings. The molecule has 1 fully saturated rings. The van der Waals surface area contributed by atoms with Gasteiger partial charge in [-0.3, -0.25) is 14.3 Å². The molecule has 31 heavy (non-hydrogen) atoms. The number of aliphatic hydroxyl groups excluding tert-OH is 2. The lowest BCUT2D eigenvalue weighted by molar-refractivity contribution is -0.728. The minimum absolute atomic E-state index is 0.130. The first-order valence-electron chi connectivity index (χ1n) is 10.6. The number of aromatic nitrogens is 1. The fraction of sp³-hybridized carbons (Fsp3) is 0.714. The van der Waals surface area contributed by atoms with Crippen LogP contribution in [-0.2, 0) is 9.09 Å². The molecule has 1 heterocycles. The van der Waals surface area contributed by atoms with Gasteiger partial charge >= 0.3 is 0 Å². The van der Waals surface area contributed by atoms with E-state index in [1.165, 1.54) is 6.92 Å². The first-order chi connectivity index (χ1) is 14.3. The van der Waals surface area contributed by atoms with E-state index in [2.05, 4.69) is 44.0 Å². The molecule has 10 heteroatoms. The fourth-order valence-corrected chi connectivity index (χ4v) is 4.36. The normalized spacial score (nSPS) is 25.5. The number of hydrogen-bond acceptors (Lipinski definition) is 7. The zero-order chi connectivity index (χ0) is 23.9. The zero-order valence-corrected chi connectivity index (χ0v) is 20.1. The fourth-order valence-electron chi connectivity index (χ4n) is 3.98. The number of aliphatic hydroxyl groups is 2. The Balaban J connectivity index is 0.000000452. The number of carbonyl (C=O) groups is 1. The number of hydrogen-bond donors (Lipinski definition) is 3. The van der Waals surface area contributed by atoms with Crippen molar-refractivity contribution in [3.63, 3.8) is 0 Å². The molecule has 1 unspecified atom stereocenters. The van der Waals surface area contributed by atoms with Gasteiger partial charge in [-0.25, -0.2) is 0 Å². The monoisotopic (exact) mass is 460 g/mol. The van der Waals surface area contributed by atoms with Crippen LogP contribution in [0.15, 0.2) is 24.5 Å². The third-order valence-corrected chi connectivity index (χ3v) is 6.00. The minimum atomic E-state index is -4.87. The summed E-state index contributed by atoms with van der Waals surface area (Å²) in [4.78, 5) is 33.1. The van der Waals surface area contributed by atoms with E-state index in [-0.39, 0.29) is 12.2 Å². The van der Waals surface area contributed by atoms with Crippen molar-refractivity contribution in [1.82, 2.24) is 4.90 Å². The van der Waals surface area contributed by atoms with Gasteiger partial charge in [0.2, 0.25) is 0 Å². The van der Waals surface area contributed by atoms with E-state index >= 15 is 0 Å². The molecular weight excluding hydrogens is 423 g/mol. The van der Waals surface area contributed by atoms with Crippen LogP contribution in [0.25, 0.3) is 0 Å². The van der Waals surface area contributed by atoms with Gasteiger partial charge in [-0.1, -0.05) is 6.92 Å². The minimum Gasteiger partial charge on any atom is -0.756 e. The van der Waals surface area contributed by atoms with Gasteiger partial charge in [0, 0.05) is 30.5 Å². The van der Waals surface area contributed by atoms with Crippen molar-refractivity contribution in [2.45, 2.75) is 78.3 Å². The largest absolute Gasteiger partial charge is 0.756 e. The van der Waals surface area contributed by atoms with Gasteiger partial charge in [0.15, 0.2) is 24.2 Å². The van der Waals surface area contributed by atoms with Crippen LogP contribution >= 0.6 is 7.82 Å². The number of phosphoric ester groups is 1. The van der Waals surface area contributed by atoms with Gasteiger partial charge in [0.25, 0.3) is 7.82 Å². The van der Waals surface area contributed by atoms with Crippen molar-refractivity contribution < 1.29 is 38.5 Å². The van der Waals surface area contributed by atoms with Gasteiger partial charge in [0.1, 0.15) is 6.10 Å². The van der Waals surface area contributed by atoms with Gasteiger partial charge < -0.3 is 24.5 Å². The van der Waals surface area contributed by atoms with Crippen LogP contribution in [0.1, 0.15) is 64.4 Å². The molecular formula is C21H37N2O7P. The Hall–Kier alpha value is -1.19. The summed E-state index contributed by atoms with van der Waals surface area (Å²) in [5.74, 6) is -0.780. The molecule has 2 rings (SSSR count). The lowest BCUT2D eigenvalue weighted by atomic mass is 10.1. The Kier molecular flexibility index (Phi) is 10.9. The lowest BCUT2D eigenvalue weighted by Gasteiger charge is -2.28. The summed E-state index contributed by atoms with van der Waals surface area (Å²) in [6, 6.07) is 4.15. The molecule has 3 N–H and O–H groups in total. The van der Waals surface area contributed by atoms with E-state index in [9.17, 15) is 24.5 Å². The van der Waals surface area contributed by atoms with Crippen molar-refractivity contribution in [3.8, 4) is 0 Å². The Labute approximate surface area is 184 Å². The molecule has 1 aromatic heterocycles. The molecule has 0 saturated heterocycles. The van der Waals surface area contributed by atoms with Crippen molar-refractivity contribution in [3.05, 3.63) is 30.1 Å². The van der Waals surface area contributed by atoms with Crippen LogP contribution in [0, 0.1) is 5.92 Å². The third-order valence-electron chi connectivity index (χ3n) is 5.53. The number of Topliss-reactive ketones (excluding diaryl/α,β-unsaturated/α-hetero) is 1. The first kappa shape index (κ1) is 27.8. The number of pyridine rings is 1. The molecule has 5 atom stereocenters. The Morgan fingerprint density at radius 3 is 2.29 bits per heavy atom. The summed E-state index contributed by atoms with van der Waals surface area (Å²) in [7, 11) is -4.87. The average Bonchev–Trinajstić information content (AvgIpc) is 2.94. The second-order valence-electron chi connectivity index (χ2n) is 8.42. The maximum Gasteiger partial charge on any atom is 0.265 e. The summed E-state index contributed by atoms with van der Waals surface area (Å²) in [6.45, 7) is 13.3. The molecule has 0 amide bonds. The van der Waals surface area contributed by atoms with Crippen molar-refractivity contribution in [1.29, 1.82) is 0 Å². The molecule has 0 bridgehead atoms. The number of nitrogens with zero attached hydrogens (tertiary/aromatic N) is 2. The standard InChI is InChI=1S/C13H18NO7P.C8H19N/c1-8(15)9-3-2-4-14(6-9)11-5-10(12(16)13(11)17)7-21-22(18,19)20;1-6-9(7(2)3)8(4)5/h2-4,6,10-13,16-17H,5,7H2,1H3,(H-,18,19,20);7-8H,6H2,1-5H3/t10-,11-,12-,13+;/m1./s1. The van der Waals surface area contributed by atoms with E-state index < -0.39 is 38.6 Å². The van der Waals surface area contributed by atoms with Crippen LogP contribution in [0.5, 0.6) is 0 Å². The summed E-state index contributed by atoms with van der Waals surface area (Å²) < 4.78 is 16.5. The highest BCUT2D eigenvalue weighted by atomic mass is 31.2. The topological polar surface area (TPSA) is 134 Å². The Morgan fingerprint density at radius 2 is 1.87 bits per heavy atom.